The second-order valence-corrected chi connectivity index (χ2v) is 2.46. The standard InChI is InChI=1S/C10H13NO2/c1-3-9-8-11-5-4-10(9)13-7-6-12-2/h3-5,8H,1,6-7H2,2H3. The van der Waals surface area contributed by atoms with Gasteiger partial charge in [-0.15, -0.1) is 0 Å². The highest BCUT2D eigenvalue weighted by Gasteiger charge is 1.98. The maximum atomic E-state index is 5.43. The van der Waals surface area contributed by atoms with Gasteiger partial charge in [0, 0.05) is 25.1 Å². The highest BCUT2D eigenvalue weighted by Crippen LogP contribution is 2.16. The fraction of sp³-hybridized carbons (Fsp3) is 0.300. The largest absolute Gasteiger partial charge is 0.490 e. The molecule has 3 nitrogen and oxygen atoms in total. The van der Waals surface area contributed by atoms with Crippen LogP contribution in [0, 0.1) is 0 Å². The number of methoxy groups -OCH3 is 1. The van der Waals surface area contributed by atoms with Gasteiger partial charge in [-0.25, -0.2) is 0 Å². The lowest BCUT2D eigenvalue weighted by molar-refractivity contribution is 0.146. The van der Waals surface area contributed by atoms with Crippen molar-refractivity contribution in [1.29, 1.82) is 0 Å². The smallest absolute Gasteiger partial charge is 0.129 e. The fourth-order valence-electron chi connectivity index (χ4n) is 0.914. The molecule has 0 fully saturated rings. The first-order valence-electron chi connectivity index (χ1n) is 4.06. The topological polar surface area (TPSA) is 31.4 Å². The number of aromatic nitrogens is 1. The predicted octanol–water partition coefficient (Wildman–Crippen LogP) is 1.75. The van der Waals surface area contributed by atoms with Gasteiger partial charge in [0.15, 0.2) is 0 Å². The summed E-state index contributed by atoms with van der Waals surface area (Å²) in [6, 6.07) is 1.81. The van der Waals surface area contributed by atoms with E-state index in [0.29, 0.717) is 13.2 Å². The zero-order chi connectivity index (χ0) is 9.52. The van der Waals surface area contributed by atoms with Crippen molar-refractivity contribution in [2.75, 3.05) is 20.3 Å². The molecule has 0 amide bonds. The van der Waals surface area contributed by atoms with Crippen LogP contribution < -0.4 is 4.74 Å². The summed E-state index contributed by atoms with van der Waals surface area (Å²) < 4.78 is 10.3. The van der Waals surface area contributed by atoms with Crippen LogP contribution in [0.4, 0.5) is 0 Å². The van der Waals surface area contributed by atoms with E-state index in [0.717, 1.165) is 11.3 Å². The molecular weight excluding hydrogens is 166 g/mol. The average Bonchev–Trinajstić information content (AvgIpc) is 2.19. The van der Waals surface area contributed by atoms with Gasteiger partial charge in [-0.05, 0) is 6.07 Å². The Labute approximate surface area is 78.0 Å². The van der Waals surface area contributed by atoms with Crippen LogP contribution in [0.25, 0.3) is 6.08 Å². The predicted molar refractivity (Wildman–Crippen MR) is 51.7 cm³/mol. The van der Waals surface area contributed by atoms with Crippen molar-refractivity contribution in [3.05, 3.63) is 30.6 Å². The molecule has 1 heterocycles. The summed E-state index contributed by atoms with van der Waals surface area (Å²) in [5.41, 5.74) is 0.901. The lowest BCUT2D eigenvalue weighted by Gasteiger charge is -2.07. The first-order chi connectivity index (χ1) is 6.38. The maximum absolute atomic E-state index is 5.43. The number of rotatable bonds is 5. The summed E-state index contributed by atoms with van der Waals surface area (Å²) >= 11 is 0. The Morgan fingerprint density at radius 2 is 2.38 bits per heavy atom. The molecule has 3 heteroatoms. The van der Waals surface area contributed by atoms with Crippen molar-refractivity contribution < 1.29 is 9.47 Å². The Morgan fingerprint density at radius 3 is 3.08 bits per heavy atom. The quantitative estimate of drug-likeness (QED) is 0.645. The Balaban J connectivity index is 2.59. The van der Waals surface area contributed by atoms with Crippen molar-refractivity contribution in [2.45, 2.75) is 0 Å². The molecule has 0 unspecified atom stereocenters. The van der Waals surface area contributed by atoms with Gasteiger partial charge in [0.2, 0.25) is 0 Å². The van der Waals surface area contributed by atoms with Crippen LogP contribution in [0.3, 0.4) is 0 Å². The molecule has 1 aromatic heterocycles. The molecule has 0 spiro atoms. The monoisotopic (exact) mass is 179 g/mol. The number of ether oxygens (including phenoxy) is 2. The van der Waals surface area contributed by atoms with E-state index >= 15 is 0 Å². The molecule has 0 aliphatic heterocycles. The molecule has 0 radical (unpaired) electrons. The number of nitrogens with zero attached hydrogens (tertiary/aromatic N) is 1. The molecule has 70 valence electrons. The molecule has 0 aromatic carbocycles. The SMILES string of the molecule is C=Cc1cnccc1OCCOC. The Hall–Kier alpha value is -1.35. The van der Waals surface area contributed by atoms with Crippen LogP contribution in [0.15, 0.2) is 25.0 Å². The van der Waals surface area contributed by atoms with Crippen molar-refractivity contribution in [1.82, 2.24) is 4.98 Å². The zero-order valence-electron chi connectivity index (χ0n) is 7.69. The van der Waals surface area contributed by atoms with Gasteiger partial charge in [-0.2, -0.15) is 0 Å². The minimum atomic E-state index is 0.543. The summed E-state index contributed by atoms with van der Waals surface area (Å²) in [6.45, 7) is 4.79. The van der Waals surface area contributed by atoms with Crippen molar-refractivity contribution in [3.8, 4) is 5.75 Å². The summed E-state index contributed by atoms with van der Waals surface area (Å²) in [5.74, 6) is 0.794. The maximum Gasteiger partial charge on any atom is 0.129 e. The van der Waals surface area contributed by atoms with E-state index in [2.05, 4.69) is 11.6 Å². The first-order valence-corrected chi connectivity index (χ1v) is 4.06. The third-order valence-corrected chi connectivity index (χ3v) is 1.58. The van der Waals surface area contributed by atoms with Gasteiger partial charge in [0.25, 0.3) is 0 Å². The van der Waals surface area contributed by atoms with Crippen LogP contribution in [-0.2, 0) is 4.74 Å². The molecule has 1 aromatic rings. The average molecular weight is 179 g/mol. The van der Waals surface area contributed by atoms with Crippen molar-refractivity contribution in [3.63, 3.8) is 0 Å². The molecular formula is C10H13NO2. The van der Waals surface area contributed by atoms with Gasteiger partial charge >= 0.3 is 0 Å². The van der Waals surface area contributed by atoms with E-state index in [4.69, 9.17) is 9.47 Å². The van der Waals surface area contributed by atoms with E-state index < -0.39 is 0 Å². The van der Waals surface area contributed by atoms with Crippen LogP contribution in [-0.4, -0.2) is 25.3 Å². The van der Waals surface area contributed by atoms with E-state index in [1.807, 2.05) is 6.07 Å². The number of pyridine rings is 1. The van der Waals surface area contributed by atoms with Crippen LogP contribution in [0.5, 0.6) is 5.75 Å². The summed E-state index contributed by atoms with van der Waals surface area (Å²) in [6.07, 6.45) is 5.12. The number of hydrogen-bond donors (Lipinski definition) is 0. The van der Waals surface area contributed by atoms with Crippen LogP contribution >= 0.6 is 0 Å². The van der Waals surface area contributed by atoms with Gasteiger partial charge in [0.05, 0.1) is 6.61 Å². The summed E-state index contributed by atoms with van der Waals surface area (Å²) in [4.78, 5) is 3.96. The molecule has 0 bridgehead atoms. The first kappa shape index (κ1) is 9.74. The van der Waals surface area contributed by atoms with Crippen LogP contribution in [0.2, 0.25) is 0 Å². The second-order valence-electron chi connectivity index (χ2n) is 2.46. The van der Waals surface area contributed by atoms with Gasteiger partial charge in [0.1, 0.15) is 12.4 Å². The zero-order valence-corrected chi connectivity index (χ0v) is 7.69. The normalized spacial score (nSPS) is 9.62. The molecule has 1 rings (SSSR count). The van der Waals surface area contributed by atoms with E-state index in [1.165, 1.54) is 0 Å². The van der Waals surface area contributed by atoms with E-state index in [-0.39, 0.29) is 0 Å². The Kier molecular flexibility index (Phi) is 3.99. The molecule has 0 aliphatic rings. The van der Waals surface area contributed by atoms with E-state index in [1.54, 1.807) is 25.6 Å². The summed E-state index contributed by atoms with van der Waals surface area (Å²) in [5, 5.41) is 0. The molecule has 0 saturated heterocycles. The molecule has 0 atom stereocenters. The van der Waals surface area contributed by atoms with Crippen molar-refractivity contribution in [2.24, 2.45) is 0 Å². The van der Waals surface area contributed by atoms with Gasteiger partial charge in [-0.1, -0.05) is 12.7 Å². The third-order valence-electron chi connectivity index (χ3n) is 1.58. The van der Waals surface area contributed by atoms with E-state index in [9.17, 15) is 0 Å². The second kappa shape index (κ2) is 5.32. The molecule has 0 saturated carbocycles. The van der Waals surface area contributed by atoms with Crippen molar-refractivity contribution >= 4 is 6.08 Å². The van der Waals surface area contributed by atoms with Gasteiger partial charge < -0.3 is 9.47 Å². The molecule has 13 heavy (non-hydrogen) atoms. The lowest BCUT2D eigenvalue weighted by atomic mass is 10.2. The fourth-order valence-corrected chi connectivity index (χ4v) is 0.914. The molecule has 0 aliphatic carbocycles. The summed E-state index contributed by atoms with van der Waals surface area (Å²) in [7, 11) is 1.64. The number of hydrogen-bond acceptors (Lipinski definition) is 3. The van der Waals surface area contributed by atoms with Gasteiger partial charge in [-0.3, -0.25) is 4.98 Å². The Bertz CT molecular complexity index is 273. The Morgan fingerprint density at radius 1 is 1.54 bits per heavy atom. The third kappa shape index (κ3) is 2.87. The lowest BCUT2D eigenvalue weighted by Crippen LogP contribution is -2.05. The van der Waals surface area contributed by atoms with Crippen LogP contribution in [0.1, 0.15) is 5.56 Å². The minimum Gasteiger partial charge on any atom is -0.490 e. The molecule has 0 N–H and O–H groups in total. The highest BCUT2D eigenvalue weighted by atomic mass is 16.5. The highest BCUT2D eigenvalue weighted by molar-refractivity contribution is 5.53. The minimum absolute atomic E-state index is 0.543.